The van der Waals surface area contributed by atoms with Crippen molar-refractivity contribution < 1.29 is 15.3 Å². The Kier molecular flexibility index (Phi) is 3.53. The van der Waals surface area contributed by atoms with Crippen molar-refractivity contribution in [2.75, 3.05) is 6.61 Å². The molecule has 1 aromatic heterocycles. The number of rotatable bonds is 4. The standard InChI is InChI=1S/C12H14N2O3/c15-8-11(16)12(17)9-2-4-10(5-3-9)14-7-1-6-13-14/h1-7,11-12,15-17H,8H2. The van der Waals surface area contributed by atoms with Crippen LogP contribution in [0, 0.1) is 0 Å². The van der Waals surface area contributed by atoms with Crippen LogP contribution in [-0.2, 0) is 0 Å². The topological polar surface area (TPSA) is 78.5 Å². The van der Waals surface area contributed by atoms with Gasteiger partial charge in [-0.1, -0.05) is 12.1 Å². The van der Waals surface area contributed by atoms with Crippen molar-refractivity contribution in [3.63, 3.8) is 0 Å². The largest absolute Gasteiger partial charge is 0.394 e. The van der Waals surface area contributed by atoms with Gasteiger partial charge < -0.3 is 15.3 Å². The van der Waals surface area contributed by atoms with Gasteiger partial charge in [-0.2, -0.15) is 5.10 Å². The van der Waals surface area contributed by atoms with Gasteiger partial charge >= 0.3 is 0 Å². The Hall–Kier alpha value is -1.69. The van der Waals surface area contributed by atoms with Crippen molar-refractivity contribution >= 4 is 0 Å². The fraction of sp³-hybridized carbons (Fsp3) is 0.250. The zero-order chi connectivity index (χ0) is 12.3. The van der Waals surface area contributed by atoms with E-state index in [-0.39, 0.29) is 0 Å². The van der Waals surface area contributed by atoms with Crippen molar-refractivity contribution in [2.24, 2.45) is 0 Å². The normalized spacial score (nSPS) is 14.5. The molecule has 0 spiro atoms. The second-order valence-electron chi connectivity index (χ2n) is 3.74. The molecule has 0 amide bonds. The molecule has 0 saturated heterocycles. The SMILES string of the molecule is OCC(O)C(O)c1ccc(-n2cccn2)cc1. The minimum absolute atomic E-state index is 0.470. The molecule has 0 bridgehead atoms. The van der Waals surface area contributed by atoms with Gasteiger partial charge in [-0.15, -0.1) is 0 Å². The highest BCUT2D eigenvalue weighted by Gasteiger charge is 2.16. The molecule has 0 aliphatic carbocycles. The van der Waals surface area contributed by atoms with Crippen LogP contribution in [0.5, 0.6) is 0 Å². The molecule has 3 N–H and O–H groups in total. The Morgan fingerprint density at radius 1 is 1.18 bits per heavy atom. The average molecular weight is 234 g/mol. The second kappa shape index (κ2) is 5.09. The van der Waals surface area contributed by atoms with Gasteiger partial charge in [-0.3, -0.25) is 0 Å². The fourth-order valence-corrected chi connectivity index (χ4v) is 1.57. The van der Waals surface area contributed by atoms with Crippen LogP contribution < -0.4 is 0 Å². The molecule has 0 aliphatic rings. The summed E-state index contributed by atoms with van der Waals surface area (Å²) in [4.78, 5) is 0. The first-order chi connectivity index (χ1) is 8.22. The van der Waals surface area contributed by atoms with E-state index < -0.39 is 18.8 Å². The van der Waals surface area contributed by atoms with E-state index in [0.717, 1.165) is 5.69 Å². The molecule has 1 aromatic carbocycles. The lowest BCUT2D eigenvalue weighted by Crippen LogP contribution is -2.21. The number of aromatic nitrogens is 2. The molecule has 0 aliphatic heterocycles. The van der Waals surface area contributed by atoms with Crippen LogP contribution in [0.25, 0.3) is 5.69 Å². The average Bonchev–Trinajstić information content (AvgIpc) is 2.91. The predicted octanol–water partition coefficient (Wildman–Crippen LogP) is 0.259. The van der Waals surface area contributed by atoms with Crippen LogP contribution in [0.15, 0.2) is 42.7 Å². The van der Waals surface area contributed by atoms with Crippen LogP contribution in [0.4, 0.5) is 0 Å². The first-order valence-electron chi connectivity index (χ1n) is 5.29. The van der Waals surface area contributed by atoms with E-state index in [4.69, 9.17) is 5.11 Å². The summed E-state index contributed by atoms with van der Waals surface area (Å²) in [5.41, 5.74) is 1.42. The molecule has 2 unspecified atom stereocenters. The Morgan fingerprint density at radius 2 is 1.88 bits per heavy atom. The van der Waals surface area contributed by atoms with Gasteiger partial charge in [0.25, 0.3) is 0 Å². The maximum absolute atomic E-state index is 9.68. The van der Waals surface area contributed by atoms with Crippen molar-refractivity contribution in [3.05, 3.63) is 48.3 Å². The number of nitrogens with zero attached hydrogens (tertiary/aromatic N) is 2. The van der Waals surface area contributed by atoms with Gasteiger partial charge in [-0.25, -0.2) is 4.68 Å². The van der Waals surface area contributed by atoms with Gasteiger partial charge in [0.15, 0.2) is 0 Å². The molecule has 0 radical (unpaired) electrons. The summed E-state index contributed by atoms with van der Waals surface area (Å²) in [5, 5.41) is 31.8. The monoisotopic (exact) mass is 234 g/mol. The number of benzene rings is 1. The predicted molar refractivity (Wildman–Crippen MR) is 61.6 cm³/mol. The van der Waals surface area contributed by atoms with E-state index in [0.29, 0.717) is 5.56 Å². The van der Waals surface area contributed by atoms with E-state index in [1.807, 2.05) is 12.3 Å². The molecule has 2 rings (SSSR count). The van der Waals surface area contributed by atoms with Crippen molar-refractivity contribution in [3.8, 4) is 5.69 Å². The first kappa shape index (κ1) is 11.8. The van der Waals surface area contributed by atoms with E-state index in [2.05, 4.69) is 5.10 Å². The van der Waals surface area contributed by atoms with Crippen LogP contribution in [0.3, 0.4) is 0 Å². The number of aliphatic hydroxyl groups excluding tert-OH is 3. The molecule has 1 heterocycles. The quantitative estimate of drug-likeness (QED) is 0.709. The molecule has 0 saturated carbocycles. The van der Waals surface area contributed by atoms with Crippen LogP contribution >= 0.6 is 0 Å². The van der Waals surface area contributed by atoms with Gasteiger partial charge in [0.05, 0.1) is 12.3 Å². The maximum atomic E-state index is 9.68. The minimum atomic E-state index is -1.16. The third-order valence-electron chi connectivity index (χ3n) is 2.56. The molecule has 2 aromatic rings. The fourth-order valence-electron chi connectivity index (χ4n) is 1.57. The maximum Gasteiger partial charge on any atom is 0.107 e. The van der Waals surface area contributed by atoms with E-state index in [1.54, 1.807) is 35.1 Å². The lowest BCUT2D eigenvalue weighted by atomic mass is 10.0. The zero-order valence-electron chi connectivity index (χ0n) is 9.14. The summed E-state index contributed by atoms with van der Waals surface area (Å²) in [7, 11) is 0. The summed E-state index contributed by atoms with van der Waals surface area (Å²) in [6.45, 7) is -0.470. The van der Waals surface area contributed by atoms with Crippen LogP contribution in [0.1, 0.15) is 11.7 Å². The molecule has 90 valence electrons. The molecule has 5 nitrogen and oxygen atoms in total. The lowest BCUT2D eigenvalue weighted by Gasteiger charge is -2.16. The molecule has 17 heavy (non-hydrogen) atoms. The smallest absolute Gasteiger partial charge is 0.107 e. The highest BCUT2D eigenvalue weighted by Crippen LogP contribution is 2.18. The first-order valence-corrected chi connectivity index (χ1v) is 5.29. The molecule has 5 heteroatoms. The third kappa shape index (κ3) is 2.52. The Morgan fingerprint density at radius 3 is 2.41 bits per heavy atom. The van der Waals surface area contributed by atoms with Gasteiger partial charge in [0.2, 0.25) is 0 Å². The summed E-state index contributed by atoms with van der Waals surface area (Å²) >= 11 is 0. The number of aliphatic hydroxyl groups is 3. The molecular weight excluding hydrogens is 220 g/mol. The van der Waals surface area contributed by atoms with Crippen LogP contribution in [-0.4, -0.2) is 37.8 Å². The third-order valence-corrected chi connectivity index (χ3v) is 2.56. The molecule has 2 atom stereocenters. The van der Waals surface area contributed by atoms with E-state index in [1.165, 1.54) is 0 Å². The highest BCUT2D eigenvalue weighted by atomic mass is 16.4. The minimum Gasteiger partial charge on any atom is -0.394 e. The Balaban J connectivity index is 2.18. The van der Waals surface area contributed by atoms with Crippen molar-refractivity contribution in [2.45, 2.75) is 12.2 Å². The summed E-state index contributed by atoms with van der Waals surface area (Å²) in [5.74, 6) is 0. The number of hydrogen-bond donors (Lipinski definition) is 3. The highest BCUT2D eigenvalue weighted by molar-refractivity contribution is 5.34. The van der Waals surface area contributed by atoms with E-state index >= 15 is 0 Å². The van der Waals surface area contributed by atoms with Crippen molar-refractivity contribution in [1.29, 1.82) is 0 Å². The zero-order valence-corrected chi connectivity index (χ0v) is 9.14. The van der Waals surface area contributed by atoms with Gasteiger partial charge in [0.1, 0.15) is 12.2 Å². The summed E-state index contributed by atoms with van der Waals surface area (Å²) < 4.78 is 1.69. The number of hydrogen-bond acceptors (Lipinski definition) is 4. The van der Waals surface area contributed by atoms with Gasteiger partial charge in [-0.05, 0) is 23.8 Å². The second-order valence-corrected chi connectivity index (χ2v) is 3.74. The van der Waals surface area contributed by atoms with Gasteiger partial charge in [0, 0.05) is 12.4 Å². The Labute approximate surface area is 98.6 Å². The molecular formula is C12H14N2O3. The summed E-state index contributed by atoms with van der Waals surface area (Å²) in [6.07, 6.45) is 1.25. The Bertz CT molecular complexity index is 453. The molecule has 0 fully saturated rings. The van der Waals surface area contributed by atoms with Crippen LogP contribution in [0.2, 0.25) is 0 Å². The van der Waals surface area contributed by atoms with E-state index in [9.17, 15) is 10.2 Å². The summed E-state index contributed by atoms with van der Waals surface area (Å²) in [6, 6.07) is 8.78. The van der Waals surface area contributed by atoms with Crippen molar-refractivity contribution in [1.82, 2.24) is 9.78 Å². The lowest BCUT2D eigenvalue weighted by molar-refractivity contribution is -0.0152.